The molecule has 0 spiro atoms. The first-order valence-corrected chi connectivity index (χ1v) is 8.22. The van der Waals surface area contributed by atoms with E-state index in [0.717, 1.165) is 29.1 Å². The molecule has 4 nitrogen and oxygen atoms in total. The Morgan fingerprint density at radius 2 is 1.75 bits per heavy atom. The molecule has 148 valence electrons. The molecule has 0 radical (unpaired) electrons. The van der Waals surface area contributed by atoms with Crippen molar-refractivity contribution in [2.75, 3.05) is 0 Å². The number of aromatic nitrogens is 4. The summed E-state index contributed by atoms with van der Waals surface area (Å²) in [6.45, 7) is 1.82. The summed E-state index contributed by atoms with van der Waals surface area (Å²) in [7, 11) is 0. The second kappa shape index (κ2) is 7.25. The summed E-state index contributed by atoms with van der Waals surface area (Å²) in [5, 5.41) is 3.42. The highest BCUT2D eigenvalue weighted by molar-refractivity contribution is 5.32. The normalized spacial score (nSPS) is 12.4. The van der Waals surface area contributed by atoms with Crippen LogP contribution in [0.3, 0.4) is 0 Å². The van der Waals surface area contributed by atoms with E-state index in [9.17, 15) is 26.3 Å². The molecule has 0 saturated carbocycles. The van der Waals surface area contributed by atoms with Crippen LogP contribution in [0, 0.1) is 0 Å². The molecule has 2 aromatic heterocycles. The van der Waals surface area contributed by atoms with E-state index in [1.807, 2.05) is 6.92 Å². The Morgan fingerprint density at radius 3 is 2.36 bits per heavy atom. The number of nitrogens with zero attached hydrogens (tertiary/aromatic N) is 4. The minimum atomic E-state index is -4.60. The van der Waals surface area contributed by atoms with Crippen LogP contribution >= 0.6 is 0 Å². The van der Waals surface area contributed by atoms with Crippen LogP contribution in [0.1, 0.15) is 35.0 Å². The number of hydrogen-bond acceptors (Lipinski definition) is 3. The van der Waals surface area contributed by atoms with Gasteiger partial charge < -0.3 is 0 Å². The average Bonchev–Trinajstić information content (AvgIpc) is 3.12. The van der Waals surface area contributed by atoms with Gasteiger partial charge in [-0.15, -0.1) is 0 Å². The molecule has 0 aliphatic heterocycles. The molecular formula is C18H14F6N4. The highest BCUT2D eigenvalue weighted by Gasteiger charge is 2.34. The maximum absolute atomic E-state index is 12.9. The zero-order chi connectivity index (χ0) is 20.5. The Balaban J connectivity index is 1.95. The molecule has 0 N–H and O–H groups in total. The van der Waals surface area contributed by atoms with E-state index in [1.165, 1.54) is 18.3 Å². The topological polar surface area (TPSA) is 43.6 Å². The Bertz CT molecular complexity index is 975. The third-order valence-electron chi connectivity index (χ3n) is 4.03. The second-order valence-electron chi connectivity index (χ2n) is 6.01. The van der Waals surface area contributed by atoms with Gasteiger partial charge in [0.2, 0.25) is 0 Å². The zero-order valence-corrected chi connectivity index (χ0v) is 14.5. The van der Waals surface area contributed by atoms with Crippen molar-refractivity contribution in [3.8, 4) is 5.95 Å². The smallest absolute Gasteiger partial charge is 0.219 e. The molecule has 3 aromatic rings. The fourth-order valence-electron chi connectivity index (χ4n) is 2.63. The van der Waals surface area contributed by atoms with E-state index >= 15 is 0 Å². The summed E-state index contributed by atoms with van der Waals surface area (Å²) < 4.78 is 77.8. The van der Waals surface area contributed by atoms with E-state index in [0.29, 0.717) is 23.2 Å². The standard InChI is InChI=1S/C18H14F6N4/c1-2-12-10-25-16(28-7-6-15(27-28)18(22,23)24)26-14(12)9-11-4-3-5-13(8-11)17(19,20)21/h3-8,10H,2,9H2,1H3. The van der Waals surface area contributed by atoms with Crippen LogP contribution in [-0.4, -0.2) is 19.7 Å². The minimum Gasteiger partial charge on any atom is -0.219 e. The SMILES string of the molecule is CCc1cnc(-n2ccc(C(F)(F)F)n2)nc1Cc1cccc(C(F)(F)F)c1. The Labute approximate surface area is 155 Å². The first-order chi connectivity index (χ1) is 13.1. The molecule has 2 heterocycles. The predicted octanol–water partition coefficient (Wildman–Crippen LogP) is 4.85. The van der Waals surface area contributed by atoms with Crippen LogP contribution < -0.4 is 0 Å². The van der Waals surface area contributed by atoms with Crippen molar-refractivity contribution in [1.29, 1.82) is 0 Å². The van der Waals surface area contributed by atoms with E-state index in [2.05, 4.69) is 15.1 Å². The molecule has 0 unspecified atom stereocenters. The zero-order valence-electron chi connectivity index (χ0n) is 14.5. The lowest BCUT2D eigenvalue weighted by Gasteiger charge is -2.11. The molecule has 0 aliphatic rings. The van der Waals surface area contributed by atoms with Crippen LogP contribution in [0.5, 0.6) is 0 Å². The number of halogens is 6. The number of aryl methyl sites for hydroxylation is 1. The van der Waals surface area contributed by atoms with Gasteiger partial charge in [-0.25, -0.2) is 14.6 Å². The van der Waals surface area contributed by atoms with Crippen molar-refractivity contribution < 1.29 is 26.3 Å². The molecule has 1 aromatic carbocycles. The number of benzene rings is 1. The maximum Gasteiger partial charge on any atom is 0.435 e. The van der Waals surface area contributed by atoms with Gasteiger partial charge in [0, 0.05) is 18.8 Å². The van der Waals surface area contributed by atoms with Gasteiger partial charge in [0.05, 0.1) is 11.3 Å². The minimum absolute atomic E-state index is 0.0794. The third kappa shape index (κ3) is 4.32. The van der Waals surface area contributed by atoms with Gasteiger partial charge in [-0.3, -0.25) is 0 Å². The van der Waals surface area contributed by atoms with Gasteiger partial charge in [-0.2, -0.15) is 31.4 Å². The van der Waals surface area contributed by atoms with Crippen molar-refractivity contribution in [3.05, 3.63) is 70.8 Å². The van der Waals surface area contributed by atoms with E-state index in [1.54, 1.807) is 0 Å². The van der Waals surface area contributed by atoms with Crippen molar-refractivity contribution in [1.82, 2.24) is 19.7 Å². The van der Waals surface area contributed by atoms with Crippen molar-refractivity contribution >= 4 is 0 Å². The Hall–Kier alpha value is -2.91. The van der Waals surface area contributed by atoms with Crippen molar-refractivity contribution in [2.45, 2.75) is 32.1 Å². The highest BCUT2D eigenvalue weighted by Crippen LogP contribution is 2.30. The second-order valence-corrected chi connectivity index (χ2v) is 6.01. The molecular weight excluding hydrogens is 386 g/mol. The molecule has 0 bridgehead atoms. The molecule has 28 heavy (non-hydrogen) atoms. The van der Waals surface area contributed by atoms with Crippen LogP contribution in [-0.2, 0) is 25.2 Å². The molecule has 10 heteroatoms. The fourth-order valence-corrected chi connectivity index (χ4v) is 2.63. The van der Waals surface area contributed by atoms with E-state index in [-0.39, 0.29) is 12.4 Å². The van der Waals surface area contributed by atoms with Crippen molar-refractivity contribution in [2.24, 2.45) is 0 Å². The largest absolute Gasteiger partial charge is 0.435 e. The summed E-state index contributed by atoms with van der Waals surface area (Å²) in [6, 6.07) is 5.62. The first-order valence-electron chi connectivity index (χ1n) is 8.22. The summed E-state index contributed by atoms with van der Waals surface area (Å²) in [4.78, 5) is 8.25. The molecule has 0 saturated heterocycles. The molecule has 0 fully saturated rings. The summed E-state index contributed by atoms with van der Waals surface area (Å²) in [6.07, 6.45) is -5.95. The molecule has 0 aliphatic carbocycles. The molecule has 0 amide bonds. The quantitative estimate of drug-likeness (QED) is 0.588. The molecule has 3 rings (SSSR count). The Morgan fingerprint density at radius 1 is 1.00 bits per heavy atom. The van der Waals surface area contributed by atoms with Crippen LogP contribution in [0.15, 0.2) is 42.7 Å². The number of alkyl halides is 6. The average molecular weight is 400 g/mol. The van der Waals surface area contributed by atoms with E-state index < -0.39 is 23.6 Å². The Kier molecular flexibility index (Phi) is 5.14. The lowest BCUT2D eigenvalue weighted by Crippen LogP contribution is -2.11. The van der Waals surface area contributed by atoms with Gasteiger partial charge in [0.15, 0.2) is 5.69 Å². The number of rotatable bonds is 4. The van der Waals surface area contributed by atoms with Crippen LogP contribution in [0.4, 0.5) is 26.3 Å². The van der Waals surface area contributed by atoms with Gasteiger partial charge in [0.25, 0.3) is 5.95 Å². The van der Waals surface area contributed by atoms with Gasteiger partial charge in [-0.05, 0) is 29.7 Å². The van der Waals surface area contributed by atoms with Gasteiger partial charge in [0.1, 0.15) is 0 Å². The predicted molar refractivity (Wildman–Crippen MR) is 87.8 cm³/mol. The van der Waals surface area contributed by atoms with Crippen LogP contribution in [0.2, 0.25) is 0 Å². The lowest BCUT2D eigenvalue weighted by molar-refractivity contribution is -0.141. The third-order valence-corrected chi connectivity index (χ3v) is 4.03. The lowest BCUT2D eigenvalue weighted by atomic mass is 10.0. The number of hydrogen-bond donors (Lipinski definition) is 0. The van der Waals surface area contributed by atoms with E-state index in [4.69, 9.17) is 0 Å². The monoisotopic (exact) mass is 400 g/mol. The summed E-state index contributed by atoms with van der Waals surface area (Å²) in [5.74, 6) is -0.0883. The van der Waals surface area contributed by atoms with Gasteiger partial charge in [-0.1, -0.05) is 25.1 Å². The van der Waals surface area contributed by atoms with Crippen LogP contribution in [0.25, 0.3) is 5.95 Å². The van der Waals surface area contributed by atoms with Crippen molar-refractivity contribution in [3.63, 3.8) is 0 Å². The summed E-state index contributed by atoms with van der Waals surface area (Å²) >= 11 is 0. The molecule has 0 atom stereocenters. The highest BCUT2D eigenvalue weighted by atomic mass is 19.4. The summed E-state index contributed by atoms with van der Waals surface area (Å²) in [5.41, 5.74) is -0.375. The maximum atomic E-state index is 12.9. The first kappa shape index (κ1) is 19.8. The fraction of sp³-hybridized carbons (Fsp3) is 0.278. The van der Waals surface area contributed by atoms with Gasteiger partial charge >= 0.3 is 12.4 Å².